The highest BCUT2D eigenvalue weighted by Gasteiger charge is 2.21. The SMILES string of the molecule is O=C1CN(P)c2c(cc[nH]c2=O)N1. The summed E-state index contributed by atoms with van der Waals surface area (Å²) in [6.07, 6.45) is 1.51. The summed E-state index contributed by atoms with van der Waals surface area (Å²) in [5, 5.41) is 2.62. The summed E-state index contributed by atoms with van der Waals surface area (Å²) in [7, 11) is 2.34. The van der Waals surface area contributed by atoms with Gasteiger partial charge >= 0.3 is 0 Å². The first-order chi connectivity index (χ1) is 6.18. The van der Waals surface area contributed by atoms with Gasteiger partial charge in [0.2, 0.25) is 5.91 Å². The molecule has 5 nitrogen and oxygen atoms in total. The molecule has 68 valence electrons. The Hall–Kier alpha value is -1.35. The molecule has 0 spiro atoms. The van der Waals surface area contributed by atoms with Crippen LogP contribution in [0.4, 0.5) is 11.4 Å². The molecule has 0 aliphatic carbocycles. The second-order valence-corrected chi connectivity index (χ2v) is 3.37. The summed E-state index contributed by atoms with van der Waals surface area (Å²) in [6, 6.07) is 1.66. The normalized spacial score (nSPS) is 15.2. The van der Waals surface area contributed by atoms with Gasteiger partial charge in [0.05, 0.1) is 5.69 Å². The molecule has 0 fully saturated rings. The fourth-order valence-electron chi connectivity index (χ4n) is 1.28. The summed E-state index contributed by atoms with van der Waals surface area (Å²) < 4.78 is 1.55. The minimum Gasteiger partial charge on any atom is -0.341 e. The van der Waals surface area contributed by atoms with Crippen molar-refractivity contribution < 1.29 is 4.79 Å². The lowest BCUT2D eigenvalue weighted by Crippen LogP contribution is -2.35. The second kappa shape index (κ2) is 2.85. The Morgan fingerprint density at radius 1 is 1.46 bits per heavy atom. The zero-order valence-corrected chi connectivity index (χ0v) is 7.86. The fraction of sp³-hybridized carbons (Fsp3) is 0.143. The van der Waals surface area contributed by atoms with E-state index in [9.17, 15) is 9.59 Å². The Kier molecular flexibility index (Phi) is 1.81. The first kappa shape index (κ1) is 8.26. The highest BCUT2D eigenvalue weighted by molar-refractivity contribution is 7.19. The number of amides is 1. The highest BCUT2D eigenvalue weighted by atomic mass is 31.0. The average Bonchev–Trinajstić information content (AvgIpc) is 2.02. The van der Waals surface area contributed by atoms with Crippen molar-refractivity contribution >= 4 is 26.7 Å². The van der Waals surface area contributed by atoms with E-state index in [0.717, 1.165) is 0 Å². The van der Waals surface area contributed by atoms with Crippen LogP contribution in [-0.4, -0.2) is 17.4 Å². The molecule has 0 radical (unpaired) electrons. The van der Waals surface area contributed by atoms with Gasteiger partial charge in [0.15, 0.2) is 0 Å². The average molecular weight is 197 g/mol. The van der Waals surface area contributed by atoms with Gasteiger partial charge in [-0.15, -0.1) is 0 Å². The van der Waals surface area contributed by atoms with Crippen LogP contribution in [0, 0.1) is 0 Å². The van der Waals surface area contributed by atoms with Gasteiger partial charge < -0.3 is 15.0 Å². The van der Waals surface area contributed by atoms with Gasteiger partial charge in [-0.1, -0.05) is 0 Å². The molecule has 2 heterocycles. The first-order valence-corrected chi connectivity index (χ1v) is 4.24. The molecule has 0 aromatic carbocycles. The summed E-state index contributed by atoms with van der Waals surface area (Å²) in [6.45, 7) is 0.185. The molecule has 6 heteroatoms. The molecule has 1 atom stereocenters. The van der Waals surface area contributed by atoms with E-state index < -0.39 is 0 Å². The number of fused-ring (bicyclic) bond motifs is 1. The van der Waals surface area contributed by atoms with E-state index in [-0.39, 0.29) is 18.0 Å². The molecule has 0 saturated heterocycles. The zero-order chi connectivity index (χ0) is 9.42. The molecule has 1 aliphatic rings. The topological polar surface area (TPSA) is 65.2 Å². The lowest BCUT2D eigenvalue weighted by atomic mass is 10.3. The highest BCUT2D eigenvalue weighted by Crippen LogP contribution is 2.26. The van der Waals surface area contributed by atoms with Crippen molar-refractivity contribution in [1.82, 2.24) is 4.98 Å². The van der Waals surface area contributed by atoms with E-state index in [2.05, 4.69) is 19.7 Å². The van der Waals surface area contributed by atoms with Crippen LogP contribution < -0.4 is 15.5 Å². The second-order valence-electron chi connectivity index (χ2n) is 2.75. The predicted molar refractivity (Wildman–Crippen MR) is 52.7 cm³/mol. The molecule has 1 amide bonds. The Bertz CT molecular complexity index is 414. The van der Waals surface area contributed by atoms with Crippen molar-refractivity contribution in [2.45, 2.75) is 0 Å². The minimum atomic E-state index is -0.201. The van der Waals surface area contributed by atoms with Crippen molar-refractivity contribution in [1.29, 1.82) is 0 Å². The van der Waals surface area contributed by atoms with E-state index in [1.54, 1.807) is 10.7 Å². The molecule has 13 heavy (non-hydrogen) atoms. The van der Waals surface area contributed by atoms with E-state index in [0.29, 0.717) is 11.4 Å². The van der Waals surface area contributed by atoms with E-state index in [1.165, 1.54) is 6.20 Å². The van der Waals surface area contributed by atoms with Crippen molar-refractivity contribution in [3.63, 3.8) is 0 Å². The van der Waals surface area contributed by atoms with E-state index in [1.807, 2.05) is 0 Å². The number of aromatic amines is 1. The Morgan fingerprint density at radius 3 is 3.00 bits per heavy atom. The van der Waals surface area contributed by atoms with Crippen LogP contribution in [0.5, 0.6) is 0 Å². The Morgan fingerprint density at radius 2 is 2.23 bits per heavy atom. The van der Waals surface area contributed by atoms with Gasteiger partial charge in [-0.25, -0.2) is 0 Å². The molecule has 2 N–H and O–H groups in total. The van der Waals surface area contributed by atoms with Gasteiger partial charge in [-0.2, -0.15) is 0 Å². The molecule has 0 saturated carbocycles. The number of H-pyrrole nitrogens is 1. The van der Waals surface area contributed by atoms with Crippen LogP contribution >= 0.6 is 9.39 Å². The van der Waals surface area contributed by atoms with Crippen LogP contribution in [0.1, 0.15) is 0 Å². The molecule has 1 unspecified atom stereocenters. The van der Waals surface area contributed by atoms with Crippen LogP contribution in [0.25, 0.3) is 0 Å². The maximum atomic E-state index is 11.3. The third-order valence-corrected chi connectivity index (χ3v) is 2.25. The Balaban J connectivity index is 2.61. The number of pyridine rings is 1. The maximum absolute atomic E-state index is 11.3. The van der Waals surface area contributed by atoms with Gasteiger partial charge in [0.1, 0.15) is 12.2 Å². The maximum Gasteiger partial charge on any atom is 0.273 e. The fourth-order valence-corrected chi connectivity index (χ4v) is 1.70. The number of hydrogen-bond acceptors (Lipinski definition) is 3. The Labute approximate surface area is 76.4 Å². The lowest BCUT2D eigenvalue weighted by molar-refractivity contribution is -0.114. The third kappa shape index (κ3) is 1.31. The molecule has 1 aromatic heterocycles. The third-order valence-electron chi connectivity index (χ3n) is 1.81. The lowest BCUT2D eigenvalue weighted by Gasteiger charge is -2.25. The first-order valence-electron chi connectivity index (χ1n) is 3.72. The predicted octanol–water partition coefficient (Wildman–Crippen LogP) is -0.0765. The number of carbonyl (C=O) groups is 1. The molecular formula is C7H8N3O2P. The summed E-state index contributed by atoms with van der Waals surface area (Å²) in [4.78, 5) is 24.9. The molecule has 1 aromatic rings. The number of nitrogens with one attached hydrogen (secondary N) is 2. The number of rotatable bonds is 0. The van der Waals surface area contributed by atoms with E-state index >= 15 is 0 Å². The van der Waals surface area contributed by atoms with Crippen LogP contribution in [0.15, 0.2) is 17.1 Å². The van der Waals surface area contributed by atoms with Crippen LogP contribution in [-0.2, 0) is 4.79 Å². The summed E-state index contributed by atoms with van der Waals surface area (Å²) in [5.74, 6) is -0.117. The van der Waals surface area contributed by atoms with Gasteiger partial charge in [-0.3, -0.25) is 9.59 Å². The van der Waals surface area contributed by atoms with Crippen LogP contribution in [0.3, 0.4) is 0 Å². The number of nitrogens with zero attached hydrogens (tertiary/aromatic N) is 1. The molecule has 0 bridgehead atoms. The van der Waals surface area contributed by atoms with Crippen LogP contribution in [0.2, 0.25) is 0 Å². The van der Waals surface area contributed by atoms with E-state index in [4.69, 9.17) is 0 Å². The number of carbonyl (C=O) groups excluding carboxylic acids is 1. The largest absolute Gasteiger partial charge is 0.341 e. The molecular weight excluding hydrogens is 189 g/mol. The van der Waals surface area contributed by atoms with Crippen molar-refractivity contribution in [3.05, 3.63) is 22.6 Å². The molecule has 2 rings (SSSR count). The van der Waals surface area contributed by atoms with Crippen molar-refractivity contribution in [2.75, 3.05) is 16.5 Å². The smallest absolute Gasteiger partial charge is 0.273 e. The number of aromatic nitrogens is 1. The van der Waals surface area contributed by atoms with Crippen molar-refractivity contribution in [2.24, 2.45) is 0 Å². The van der Waals surface area contributed by atoms with Gasteiger partial charge in [0, 0.05) is 6.20 Å². The number of anilines is 2. The number of hydrogen-bond donors (Lipinski definition) is 2. The molecule has 1 aliphatic heterocycles. The van der Waals surface area contributed by atoms with Gasteiger partial charge in [-0.05, 0) is 15.5 Å². The summed E-state index contributed by atoms with van der Waals surface area (Å²) in [5.41, 5.74) is 0.828. The standard InChI is InChI=1S/C7H8N3O2P/c11-5-3-10(13)6-4(9-5)1-2-8-7(6)12/h1-2H,3,13H2,(H,8,12)(H,9,11). The monoisotopic (exact) mass is 197 g/mol. The zero-order valence-electron chi connectivity index (χ0n) is 6.70. The van der Waals surface area contributed by atoms with Crippen molar-refractivity contribution in [3.8, 4) is 0 Å². The quantitative estimate of drug-likeness (QED) is 0.572. The van der Waals surface area contributed by atoms with Gasteiger partial charge in [0.25, 0.3) is 5.56 Å². The summed E-state index contributed by atoms with van der Waals surface area (Å²) >= 11 is 0. The minimum absolute atomic E-state index is 0.117.